The highest BCUT2D eigenvalue weighted by atomic mass is 16.6. The molecule has 0 saturated carbocycles. The molecule has 3 rings (SSSR count). The average Bonchev–Trinajstić information content (AvgIpc) is 3.10. The van der Waals surface area contributed by atoms with Gasteiger partial charge in [0.2, 0.25) is 0 Å². The number of hydrogen-bond acceptors (Lipinski definition) is 6. The van der Waals surface area contributed by atoms with E-state index in [-0.39, 0.29) is 17.2 Å². The van der Waals surface area contributed by atoms with Gasteiger partial charge in [-0.3, -0.25) is 25.4 Å². The molecule has 2 heterocycles. The molecule has 0 saturated heterocycles. The van der Waals surface area contributed by atoms with Crippen LogP contribution in [0.25, 0.3) is 11.0 Å². The molecule has 0 aliphatic rings. The van der Waals surface area contributed by atoms with Crippen LogP contribution in [0.1, 0.15) is 28.9 Å². The number of nitrogens with two attached hydrogens (primary N) is 1. The minimum Gasteiger partial charge on any atom is -0.370 e. The van der Waals surface area contributed by atoms with Crippen LogP contribution in [0, 0.1) is 15.5 Å². The van der Waals surface area contributed by atoms with Crippen molar-refractivity contribution in [2.75, 3.05) is 5.32 Å². The zero-order valence-electron chi connectivity index (χ0n) is 14.2. The number of nitro groups is 1. The van der Waals surface area contributed by atoms with E-state index in [1.165, 1.54) is 24.5 Å². The van der Waals surface area contributed by atoms with Crippen LogP contribution in [0.5, 0.6) is 0 Å². The molecule has 11 nitrogen and oxygen atoms in total. The van der Waals surface area contributed by atoms with Gasteiger partial charge in [0.25, 0.3) is 11.6 Å². The minimum atomic E-state index is -0.630. The molecule has 1 unspecified atom stereocenters. The first-order chi connectivity index (χ1) is 12.9. The lowest BCUT2D eigenvalue weighted by molar-refractivity contribution is -0.385. The number of guanidine groups is 1. The second kappa shape index (κ2) is 7.07. The van der Waals surface area contributed by atoms with Gasteiger partial charge in [-0.05, 0) is 24.6 Å². The number of carbonyl (C=O) groups excluding carboxylic acids is 1. The number of rotatable bonds is 5. The Kier molecular flexibility index (Phi) is 4.66. The number of anilines is 1. The van der Waals surface area contributed by atoms with Crippen molar-refractivity contribution in [3.8, 4) is 0 Å². The number of nitrogens with one attached hydrogen (secondary N) is 4. The predicted octanol–water partition coefficient (Wildman–Crippen LogP) is 1.66. The SMILES string of the molecule is CC(NC(=N)N)c1ccc(C(=O)Nc2ccnc3[nH]ncc23)c([N+](=O)[O-])c1. The molecule has 138 valence electrons. The lowest BCUT2D eigenvalue weighted by Crippen LogP contribution is -2.32. The summed E-state index contributed by atoms with van der Waals surface area (Å²) in [6.07, 6.45) is 2.99. The number of benzene rings is 1. The smallest absolute Gasteiger partial charge is 0.282 e. The molecule has 3 aromatic rings. The van der Waals surface area contributed by atoms with Crippen LogP contribution in [-0.2, 0) is 0 Å². The highest BCUT2D eigenvalue weighted by molar-refractivity contribution is 6.10. The van der Waals surface area contributed by atoms with E-state index in [1.54, 1.807) is 19.1 Å². The fourth-order valence-corrected chi connectivity index (χ4v) is 2.63. The van der Waals surface area contributed by atoms with Crippen LogP contribution in [0.3, 0.4) is 0 Å². The summed E-state index contributed by atoms with van der Waals surface area (Å²) in [5.41, 5.74) is 6.30. The number of H-pyrrole nitrogens is 1. The Morgan fingerprint density at radius 2 is 2.19 bits per heavy atom. The molecular weight excluding hydrogens is 352 g/mol. The van der Waals surface area contributed by atoms with Gasteiger partial charge in [-0.15, -0.1) is 0 Å². The van der Waals surface area contributed by atoms with E-state index >= 15 is 0 Å². The van der Waals surface area contributed by atoms with Crippen molar-refractivity contribution in [1.82, 2.24) is 20.5 Å². The van der Waals surface area contributed by atoms with Crippen molar-refractivity contribution in [2.45, 2.75) is 13.0 Å². The first kappa shape index (κ1) is 17.8. The number of aromatic nitrogens is 3. The van der Waals surface area contributed by atoms with Gasteiger partial charge >= 0.3 is 0 Å². The maximum absolute atomic E-state index is 12.6. The van der Waals surface area contributed by atoms with Gasteiger partial charge in [0, 0.05) is 12.3 Å². The Balaban J connectivity index is 1.93. The lowest BCUT2D eigenvalue weighted by atomic mass is 10.0. The Morgan fingerprint density at radius 1 is 1.41 bits per heavy atom. The second-order valence-electron chi connectivity index (χ2n) is 5.76. The van der Waals surface area contributed by atoms with Crippen LogP contribution >= 0.6 is 0 Å². The fraction of sp³-hybridized carbons (Fsp3) is 0.125. The molecule has 1 atom stereocenters. The molecule has 6 N–H and O–H groups in total. The van der Waals surface area contributed by atoms with E-state index in [0.717, 1.165) is 0 Å². The number of hydrogen-bond donors (Lipinski definition) is 5. The number of carbonyl (C=O) groups is 1. The van der Waals surface area contributed by atoms with Crippen LogP contribution in [0.2, 0.25) is 0 Å². The minimum absolute atomic E-state index is 0.0905. The summed E-state index contributed by atoms with van der Waals surface area (Å²) < 4.78 is 0. The summed E-state index contributed by atoms with van der Waals surface area (Å²) in [7, 11) is 0. The molecule has 0 aliphatic heterocycles. The van der Waals surface area contributed by atoms with Gasteiger partial charge in [0.15, 0.2) is 11.6 Å². The highest BCUT2D eigenvalue weighted by Crippen LogP contribution is 2.26. The normalized spacial score (nSPS) is 11.7. The summed E-state index contributed by atoms with van der Waals surface area (Å²) in [5, 5.41) is 31.1. The zero-order valence-corrected chi connectivity index (χ0v) is 14.2. The summed E-state index contributed by atoms with van der Waals surface area (Å²) in [6.45, 7) is 1.70. The highest BCUT2D eigenvalue weighted by Gasteiger charge is 2.23. The molecule has 11 heteroatoms. The van der Waals surface area contributed by atoms with Gasteiger partial charge in [-0.2, -0.15) is 5.10 Å². The van der Waals surface area contributed by atoms with Crippen LogP contribution in [0.4, 0.5) is 11.4 Å². The number of pyridine rings is 1. The van der Waals surface area contributed by atoms with E-state index in [1.807, 2.05) is 0 Å². The number of nitro benzene ring substituents is 1. The lowest BCUT2D eigenvalue weighted by Gasteiger charge is -2.14. The molecule has 0 fully saturated rings. The molecule has 0 bridgehead atoms. The van der Waals surface area contributed by atoms with Gasteiger partial charge in [0.05, 0.1) is 28.2 Å². The summed E-state index contributed by atoms with van der Waals surface area (Å²) in [5.74, 6) is -0.886. The third-order valence-corrected chi connectivity index (χ3v) is 3.94. The van der Waals surface area contributed by atoms with Gasteiger partial charge in [0.1, 0.15) is 5.56 Å². The third-order valence-electron chi connectivity index (χ3n) is 3.94. The molecule has 1 amide bonds. The topological polar surface area (TPSA) is 176 Å². The number of nitrogens with zero attached hydrogens (tertiary/aromatic N) is 3. The van der Waals surface area contributed by atoms with Crippen LogP contribution in [-0.4, -0.2) is 32.0 Å². The number of fused-ring (bicyclic) bond motifs is 1. The van der Waals surface area contributed by atoms with E-state index < -0.39 is 16.9 Å². The zero-order chi connectivity index (χ0) is 19.6. The first-order valence-corrected chi connectivity index (χ1v) is 7.85. The van der Waals surface area contributed by atoms with E-state index in [9.17, 15) is 14.9 Å². The second-order valence-corrected chi connectivity index (χ2v) is 5.76. The predicted molar refractivity (Wildman–Crippen MR) is 98.4 cm³/mol. The van der Waals surface area contributed by atoms with Gasteiger partial charge in [-0.1, -0.05) is 6.07 Å². The molecular formula is C16H16N8O3. The summed E-state index contributed by atoms with van der Waals surface area (Å²) in [4.78, 5) is 27.5. The summed E-state index contributed by atoms with van der Waals surface area (Å²) in [6, 6.07) is 5.38. The summed E-state index contributed by atoms with van der Waals surface area (Å²) >= 11 is 0. The van der Waals surface area contributed by atoms with Crippen LogP contribution in [0.15, 0.2) is 36.7 Å². The van der Waals surface area contributed by atoms with Crippen molar-refractivity contribution < 1.29 is 9.72 Å². The Morgan fingerprint density at radius 3 is 2.89 bits per heavy atom. The van der Waals surface area contributed by atoms with Crippen molar-refractivity contribution in [3.63, 3.8) is 0 Å². The quantitative estimate of drug-likeness (QED) is 0.197. The number of amides is 1. The average molecular weight is 368 g/mol. The van der Waals surface area contributed by atoms with E-state index in [4.69, 9.17) is 11.1 Å². The molecule has 0 spiro atoms. The van der Waals surface area contributed by atoms with Gasteiger partial charge < -0.3 is 16.4 Å². The molecule has 1 aromatic carbocycles. The fourth-order valence-electron chi connectivity index (χ4n) is 2.63. The van der Waals surface area contributed by atoms with Crippen molar-refractivity contribution in [2.24, 2.45) is 5.73 Å². The third kappa shape index (κ3) is 3.66. The molecule has 2 aromatic heterocycles. The largest absolute Gasteiger partial charge is 0.370 e. The van der Waals surface area contributed by atoms with Crippen molar-refractivity contribution in [3.05, 3.63) is 57.9 Å². The Bertz CT molecular complexity index is 1050. The van der Waals surface area contributed by atoms with Crippen molar-refractivity contribution in [1.29, 1.82) is 5.41 Å². The molecule has 0 aliphatic carbocycles. The van der Waals surface area contributed by atoms with Crippen molar-refractivity contribution >= 4 is 34.3 Å². The van der Waals surface area contributed by atoms with Gasteiger partial charge in [-0.25, -0.2) is 4.98 Å². The number of aromatic amines is 1. The Hall–Kier alpha value is -4.02. The maximum Gasteiger partial charge on any atom is 0.282 e. The molecule has 27 heavy (non-hydrogen) atoms. The van der Waals surface area contributed by atoms with E-state index in [2.05, 4.69) is 25.8 Å². The molecule has 0 radical (unpaired) electrons. The van der Waals surface area contributed by atoms with Crippen LogP contribution < -0.4 is 16.4 Å². The monoisotopic (exact) mass is 368 g/mol. The maximum atomic E-state index is 12.6. The van der Waals surface area contributed by atoms with E-state index in [0.29, 0.717) is 22.3 Å². The first-order valence-electron chi connectivity index (χ1n) is 7.85. The Labute approximate surface area is 152 Å². The standard InChI is InChI=1S/C16H16N8O3/c1-8(21-16(17)18)9-2-3-10(13(6-9)24(26)27)15(25)22-12-4-5-19-14-11(12)7-20-23-14/h2-8H,1H3,(H4,17,18,21)(H2,19,20,22,23,25).